The number of aliphatic hydroxyl groups excluding tert-OH is 1. The highest BCUT2D eigenvalue weighted by Crippen LogP contribution is 2.39. The van der Waals surface area contributed by atoms with Crippen LogP contribution >= 0.6 is 15.9 Å². The molecule has 156 valence electrons. The van der Waals surface area contributed by atoms with Gasteiger partial charge in [-0.1, -0.05) is 28.1 Å². The van der Waals surface area contributed by atoms with Crippen molar-refractivity contribution in [2.24, 2.45) is 0 Å². The van der Waals surface area contributed by atoms with Crippen LogP contribution in [0.4, 0.5) is 4.39 Å². The van der Waals surface area contributed by atoms with Gasteiger partial charge in [-0.05, 0) is 67.9 Å². The molecule has 0 saturated carbocycles. The number of likely N-dealkylation sites (tertiary alicyclic amines) is 2. The Labute approximate surface area is 182 Å². The van der Waals surface area contributed by atoms with Gasteiger partial charge in [-0.2, -0.15) is 0 Å². The van der Waals surface area contributed by atoms with Crippen molar-refractivity contribution in [1.82, 2.24) is 9.80 Å². The molecule has 1 amide bonds. The lowest BCUT2D eigenvalue weighted by Crippen LogP contribution is -2.37. The number of amides is 1. The van der Waals surface area contributed by atoms with Gasteiger partial charge in [-0.15, -0.1) is 0 Å². The number of rotatable bonds is 5. The van der Waals surface area contributed by atoms with Gasteiger partial charge in [0.2, 0.25) is 0 Å². The van der Waals surface area contributed by atoms with E-state index in [9.17, 15) is 19.1 Å². The molecule has 1 atom stereocenters. The lowest BCUT2D eigenvalue weighted by Gasteiger charge is -2.27. The fourth-order valence-electron chi connectivity index (χ4n) is 4.15. The zero-order valence-electron chi connectivity index (χ0n) is 16.4. The van der Waals surface area contributed by atoms with Crippen LogP contribution in [0.2, 0.25) is 0 Å². The third kappa shape index (κ3) is 4.04. The van der Waals surface area contributed by atoms with Gasteiger partial charge in [0.25, 0.3) is 11.7 Å². The summed E-state index contributed by atoms with van der Waals surface area (Å²) in [5, 5.41) is 10.9. The minimum atomic E-state index is -0.719. The Kier molecular flexibility index (Phi) is 6.01. The van der Waals surface area contributed by atoms with Crippen LogP contribution in [0.25, 0.3) is 5.76 Å². The van der Waals surface area contributed by atoms with E-state index in [2.05, 4.69) is 20.8 Å². The lowest BCUT2D eigenvalue weighted by molar-refractivity contribution is -0.140. The fourth-order valence-corrected chi connectivity index (χ4v) is 4.57. The Morgan fingerprint density at radius 2 is 1.77 bits per heavy atom. The van der Waals surface area contributed by atoms with Crippen molar-refractivity contribution in [2.45, 2.75) is 18.9 Å². The first-order chi connectivity index (χ1) is 14.5. The Morgan fingerprint density at radius 1 is 1.07 bits per heavy atom. The van der Waals surface area contributed by atoms with E-state index in [1.807, 2.05) is 24.3 Å². The highest BCUT2D eigenvalue weighted by Gasteiger charge is 2.46. The predicted molar refractivity (Wildman–Crippen MR) is 115 cm³/mol. The van der Waals surface area contributed by atoms with E-state index in [1.54, 1.807) is 0 Å². The fraction of sp³-hybridized carbons (Fsp3) is 0.304. The van der Waals surface area contributed by atoms with Gasteiger partial charge >= 0.3 is 0 Å². The third-order valence-electron chi connectivity index (χ3n) is 5.68. The monoisotopic (exact) mass is 472 g/mol. The van der Waals surface area contributed by atoms with Crippen LogP contribution in [0.1, 0.15) is 30.0 Å². The van der Waals surface area contributed by atoms with E-state index in [-0.39, 0.29) is 11.3 Å². The molecule has 0 aromatic heterocycles. The van der Waals surface area contributed by atoms with Gasteiger partial charge in [-0.3, -0.25) is 9.59 Å². The summed E-state index contributed by atoms with van der Waals surface area (Å²) in [6.45, 7) is 3.04. The largest absolute Gasteiger partial charge is 0.507 e. The van der Waals surface area contributed by atoms with E-state index in [0.717, 1.165) is 36.0 Å². The zero-order chi connectivity index (χ0) is 21.3. The average molecular weight is 473 g/mol. The molecule has 2 aromatic carbocycles. The van der Waals surface area contributed by atoms with Crippen molar-refractivity contribution in [3.05, 3.63) is 75.5 Å². The van der Waals surface area contributed by atoms with Crippen molar-refractivity contribution in [2.75, 3.05) is 26.2 Å². The molecule has 4 rings (SSSR count). The second kappa shape index (κ2) is 8.70. The zero-order valence-corrected chi connectivity index (χ0v) is 17.9. The van der Waals surface area contributed by atoms with Crippen LogP contribution in [0.15, 0.2) is 58.6 Å². The minimum absolute atomic E-state index is 0.0335. The Morgan fingerprint density at radius 3 is 2.43 bits per heavy atom. The Balaban J connectivity index is 1.76. The summed E-state index contributed by atoms with van der Waals surface area (Å²) in [7, 11) is 0. The highest BCUT2D eigenvalue weighted by molar-refractivity contribution is 9.10. The molecule has 2 fully saturated rings. The number of benzene rings is 2. The molecule has 2 aliphatic rings. The van der Waals surface area contributed by atoms with Gasteiger partial charge in [0.05, 0.1) is 11.6 Å². The molecule has 0 aliphatic carbocycles. The second-order valence-electron chi connectivity index (χ2n) is 7.60. The number of ketones is 1. The summed E-state index contributed by atoms with van der Waals surface area (Å²) in [4.78, 5) is 29.7. The summed E-state index contributed by atoms with van der Waals surface area (Å²) in [6.07, 6.45) is 2.27. The number of Topliss-reactive ketones (excluding diaryl/α,β-unsaturated/α-hetero) is 1. The van der Waals surface area contributed by atoms with E-state index < -0.39 is 23.5 Å². The maximum Gasteiger partial charge on any atom is 0.295 e. The molecular formula is C23H22BrFN2O3. The van der Waals surface area contributed by atoms with Crippen LogP contribution < -0.4 is 0 Å². The van der Waals surface area contributed by atoms with Crippen LogP contribution in [-0.2, 0) is 9.59 Å². The van der Waals surface area contributed by atoms with Crippen LogP contribution in [-0.4, -0.2) is 52.8 Å². The average Bonchev–Trinajstić information content (AvgIpc) is 3.34. The first-order valence-corrected chi connectivity index (χ1v) is 10.8. The molecule has 0 spiro atoms. The van der Waals surface area contributed by atoms with Gasteiger partial charge < -0.3 is 14.9 Å². The molecule has 2 saturated heterocycles. The molecular weight excluding hydrogens is 451 g/mol. The Hall–Kier alpha value is -2.51. The SMILES string of the molecule is O=C1C(=O)N(CCN2CCCC2)C(c2cccc(Br)c2)/C1=C(\O)c1ccc(F)cc1. The summed E-state index contributed by atoms with van der Waals surface area (Å²) < 4.78 is 14.1. The predicted octanol–water partition coefficient (Wildman–Crippen LogP) is 4.11. The topological polar surface area (TPSA) is 60.9 Å². The minimum Gasteiger partial charge on any atom is -0.507 e. The maximum absolute atomic E-state index is 13.3. The van der Waals surface area contributed by atoms with E-state index in [4.69, 9.17) is 0 Å². The number of carbonyl (C=O) groups is 2. The molecule has 2 aliphatic heterocycles. The van der Waals surface area contributed by atoms with Crippen molar-refractivity contribution in [3.8, 4) is 0 Å². The number of hydrogen-bond donors (Lipinski definition) is 1. The van der Waals surface area contributed by atoms with Crippen LogP contribution in [0, 0.1) is 5.82 Å². The smallest absolute Gasteiger partial charge is 0.295 e. The molecule has 2 heterocycles. The summed E-state index contributed by atoms with van der Waals surface area (Å²) in [5.41, 5.74) is 1.06. The van der Waals surface area contributed by atoms with E-state index >= 15 is 0 Å². The molecule has 7 heteroatoms. The molecule has 0 bridgehead atoms. The number of nitrogens with zero attached hydrogens (tertiary/aromatic N) is 2. The van der Waals surface area contributed by atoms with Crippen molar-refractivity contribution >= 4 is 33.4 Å². The molecule has 0 radical (unpaired) electrons. The van der Waals surface area contributed by atoms with Gasteiger partial charge in [-0.25, -0.2) is 4.39 Å². The lowest BCUT2D eigenvalue weighted by atomic mass is 9.95. The van der Waals surface area contributed by atoms with E-state index in [1.165, 1.54) is 29.2 Å². The molecule has 5 nitrogen and oxygen atoms in total. The highest BCUT2D eigenvalue weighted by atomic mass is 79.9. The maximum atomic E-state index is 13.3. The number of hydrogen-bond acceptors (Lipinski definition) is 4. The quantitative estimate of drug-likeness (QED) is 0.404. The van der Waals surface area contributed by atoms with E-state index in [0.29, 0.717) is 18.7 Å². The van der Waals surface area contributed by atoms with Crippen LogP contribution in [0.3, 0.4) is 0 Å². The standard InChI is InChI=1S/C23H22BrFN2O3/c24-17-5-3-4-16(14-17)20-19(21(28)15-6-8-18(25)9-7-15)22(29)23(30)27(20)13-12-26-10-1-2-11-26/h3-9,14,20,28H,1-2,10-13H2/b21-19+. The Bertz CT molecular complexity index is 1000. The summed E-state index contributed by atoms with van der Waals surface area (Å²) in [6, 6.07) is 11.9. The van der Waals surface area contributed by atoms with Gasteiger partial charge in [0.15, 0.2) is 0 Å². The summed E-state index contributed by atoms with van der Waals surface area (Å²) >= 11 is 3.45. The summed E-state index contributed by atoms with van der Waals surface area (Å²) in [5.74, 6) is -2.07. The number of carbonyl (C=O) groups excluding carboxylic acids is 2. The van der Waals surface area contributed by atoms with Gasteiger partial charge in [0, 0.05) is 23.1 Å². The number of halogens is 2. The first kappa shape index (κ1) is 20.8. The molecule has 2 aromatic rings. The molecule has 30 heavy (non-hydrogen) atoms. The third-order valence-corrected chi connectivity index (χ3v) is 6.17. The molecule has 1 N–H and O–H groups in total. The van der Waals surface area contributed by atoms with Gasteiger partial charge in [0.1, 0.15) is 11.6 Å². The molecule has 1 unspecified atom stereocenters. The van der Waals surface area contributed by atoms with Crippen LogP contribution in [0.5, 0.6) is 0 Å². The first-order valence-electron chi connectivity index (χ1n) is 9.98. The van der Waals surface area contributed by atoms with Crippen molar-refractivity contribution in [3.63, 3.8) is 0 Å². The normalized spacial score (nSPS) is 21.5. The second-order valence-corrected chi connectivity index (χ2v) is 8.52. The van der Waals surface area contributed by atoms with Crippen molar-refractivity contribution in [1.29, 1.82) is 0 Å². The van der Waals surface area contributed by atoms with Crippen molar-refractivity contribution < 1.29 is 19.1 Å². The number of aliphatic hydroxyl groups is 1.